The standard InChI is InChI=1S/C23H20F2N4O/c1-12(2)19-21(13(3)9-10-26-19)29-22-16(14(4)27-23(29)30)11-18(25)20(28-22)15-7-5-6-8-17(15)24/h5-12H,1-4H3. The molecule has 3 aromatic heterocycles. The van der Waals surface area contributed by atoms with Gasteiger partial charge in [0.05, 0.1) is 17.1 Å². The molecular formula is C23H20F2N4O. The summed E-state index contributed by atoms with van der Waals surface area (Å²) in [5, 5.41) is 0.380. The van der Waals surface area contributed by atoms with Crippen LogP contribution in [-0.2, 0) is 0 Å². The average Bonchev–Trinajstić information content (AvgIpc) is 2.69. The third-order valence-corrected chi connectivity index (χ3v) is 5.07. The normalized spacial score (nSPS) is 11.4. The predicted molar refractivity (Wildman–Crippen MR) is 112 cm³/mol. The van der Waals surface area contributed by atoms with E-state index in [0.29, 0.717) is 22.5 Å². The Morgan fingerprint density at radius 3 is 2.43 bits per heavy atom. The van der Waals surface area contributed by atoms with Crippen LogP contribution < -0.4 is 5.69 Å². The monoisotopic (exact) mass is 406 g/mol. The van der Waals surface area contributed by atoms with Gasteiger partial charge in [0.15, 0.2) is 5.65 Å². The predicted octanol–water partition coefficient (Wildman–Crippen LogP) is 4.86. The summed E-state index contributed by atoms with van der Waals surface area (Å²) in [6, 6.07) is 8.88. The molecule has 30 heavy (non-hydrogen) atoms. The topological polar surface area (TPSA) is 60.7 Å². The smallest absolute Gasteiger partial charge is 0.259 e. The number of hydrogen-bond acceptors (Lipinski definition) is 4. The van der Waals surface area contributed by atoms with Crippen molar-refractivity contribution in [1.29, 1.82) is 0 Å². The lowest BCUT2D eigenvalue weighted by atomic mass is 10.0. The van der Waals surface area contributed by atoms with E-state index in [1.165, 1.54) is 28.8 Å². The number of aryl methyl sites for hydroxylation is 2. The highest BCUT2D eigenvalue weighted by molar-refractivity contribution is 5.82. The van der Waals surface area contributed by atoms with Gasteiger partial charge in [-0.15, -0.1) is 0 Å². The Bertz CT molecular complexity index is 1350. The van der Waals surface area contributed by atoms with Crippen molar-refractivity contribution in [3.63, 3.8) is 0 Å². The fourth-order valence-electron chi connectivity index (χ4n) is 3.59. The highest BCUT2D eigenvalue weighted by atomic mass is 19.1. The van der Waals surface area contributed by atoms with Crippen molar-refractivity contribution in [3.05, 3.63) is 81.7 Å². The first-order valence-electron chi connectivity index (χ1n) is 9.60. The summed E-state index contributed by atoms with van der Waals surface area (Å²) in [4.78, 5) is 26.0. The molecule has 0 amide bonds. The Morgan fingerprint density at radius 1 is 1.00 bits per heavy atom. The van der Waals surface area contributed by atoms with Crippen LogP contribution in [0, 0.1) is 25.5 Å². The molecule has 0 aliphatic rings. The zero-order valence-electron chi connectivity index (χ0n) is 17.1. The molecule has 0 unspecified atom stereocenters. The maximum absolute atomic E-state index is 14.9. The van der Waals surface area contributed by atoms with Crippen molar-refractivity contribution < 1.29 is 8.78 Å². The lowest BCUT2D eigenvalue weighted by molar-refractivity contribution is 0.612. The molecule has 0 saturated carbocycles. The third kappa shape index (κ3) is 3.16. The number of nitrogens with zero attached hydrogens (tertiary/aromatic N) is 4. The molecule has 1 aromatic carbocycles. The Kier molecular flexibility index (Phi) is 4.89. The Hall–Kier alpha value is -3.48. The molecule has 0 bridgehead atoms. The van der Waals surface area contributed by atoms with Gasteiger partial charge in [0.25, 0.3) is 0 Å². The zero-order valence-corrected chi connectivity index (χ0v) is 17.1. The second kappa shape index (κ2) is 7.40. The van der Waals surface area contributed by atoms with Crippen LogP contribution in [0.5, 0.6) is 0 Å². The number of aromatic nitrogens is 4. The molecular weight excluding hydrogens is 386 g/mol. The maximum atomic E-state index is 14.9. The van der Waals surface area contributed by atoms with Crippen molar-refractivity contribution >= 4 is 11.0 Å². The fourth-order valence-corrected chi connectivity index (χ4v) is 3.59. The average molecular weight is 406 g/mol. The summed E-state index contributed by atoms with van der Waals surface area (Å²) < 4.78 is 30.7. The second-order valence-corrected chi connectivity index (χ2v) is 7.50. The van der Waals surface area contributed by atoms with Gasteiger partial charge in [-0.25, -0.2) is 23.1 Å². The van der Waals surface area contributed by atoms with Crippen molar-refractivity contribution in [3.8, 4) is 16.9 Å². The van der Waals surface area contributed by atoms with Gasteiger partial charge < -0.3 is 0 Å². The SMILES string of the molecule is Cc1ccnc(C(C)C)c1-n1c(=O)nc(C)c2cc(F)c(-c3ccccc3F)nc21. The summed E-state index contributed by atoms with van der Waals surface area (Å²) in [7, 11) is 0. The van der Waals surface area contributed by atoms with E-state index in [2.05, 4.69) is 15.0 Å². The van der Waals surface area contributed by atoms with Crippen LogP contribution in [0.4, 0.5) is 8.78 Å². The van der Waals surface area contributed by atoms with Gasteiger partial charge in [-0.2, -0.15) is 4.98 Å². The summed E-state index contributed by atoms with van der Waals surface area (Å²) in [6.45, 7) is 7.43. The second-order valence-electron chi connectivity index (χ2n) is 7.50. The Morgan fingerprint density at radius 2 is 1.73 bits per heavy atom. The quantitative estimate of drug-likeness (QED) is 0.487. The molecule has 7 heteroatoms. The van der Waals surface area contributed by atoms with Gasteiger partial charge in [0, 0.05) is 17.1 Å². The van der Waals surface area contributed by atoms with Crippen molar-refractivity contribution in [2.24, 2.45) is 0 Å². The van der Waals surface area contributed by atoms with E-state index in [0.717, 1.165) is 5.56 Å². The molecule has 0 fully saturated rings. The van der Waals surface area contributed by atoms with Crippen LogP contribution in [0.2, 0.25) is 0 Å². The number of halogens is 2. The highest BCUT2D eigenvalue weighted by Crippen LogP contribution is 2.30. The van der Waals surface area contributed by atoms with Gasteiger partial charge in [-0.05, 0) is 49.6 Å². The summed E-state index contributed by atoms with van der Waals surface area (Å²) in [5.41, 5.74) is 1.95. The fraction of sp³-hybridized carbons (Fsp3) is 0.217. The maximum Gasteiger partial charge on any atom is 0.354 e. The van der Waals surface area contributed by atoms with E-state index >= 15 is 0 Å². The van der Waals surface area contributed by atoms with Crippen molar-refractivity contribution in [2.45, 2.75) is 33.6 Å². The van der Waals surface area contributed by atoms with Gasteiger partial charge in [-0.3, -0.25) is 4.98 Å². The third-order valence-electron chi connectivity index (χ3n) is 5.07. The first-order chi connectivity index (χ1) is 14.3. The van der Waals surface area contributed by atoms with E-state index in [9.17, 15) is 13.6 Å². The summed E-state index contributed by atoms with van der Waals surface area (Å²) in [6.07, 6.45) is 1.68. The van der Waals surface area contributed by atoms with Gasteiger partial charge in [-0.1, -0.05) is 26.0 Å². The largest absolute Gasteiger partial charge is 0.354 e. The van der Waals surface area contributed by atoms with Gasteiger partial charge >= 0.3 is 5.69 Å². The molecule has 0 saturated heterocycles. The number of fused-ring (bicyclic) bond motifs is 1. The molecule has 0 radical (unpaired) electrons. The molecule has 4 aromatic rings. The molecule has 3 heterocycles. The molecule has 0 aliphatic carbocycles. The summed E-state index contributed by atoms with van der Waals surface area (Å²) >= 11 is 0. The van der Waals surface area contributed by atoms with Crippen molar-refractivity contribution in [2.75, 3.05) is 0 Å². The molecule has 5 nitrogen and oxygen atoms in total. The van der Waals surface area contributed by atoms with E-state index in [1.807, 2.05) is 20.8 Å². The Labute approximate surface area is 172 Å². The summed E-state index contributed by atoms with van der Waals surface area (Å²) in [5.74, 6) is -1.26. The van der Waals surface area contributed by atoms with E-state index < -0.39 is 17.3 Å². The van der Waals surface area contributed by atoms with Crippen LogP contribution in [-0.4, -0.2) is 19.5 Å². The molecule has 0 atom stereocenters. The van der Waals surface area contributed by atoms with E-state index in [-0.39, 0.29) is 22.8 Å². The minimum Gasteiger partial charge on any atom is -0.259 e. The van der Waals surface area contributed by atoms with E-state index in [1.54, 1.807) is 25.3 Å². The minimum absolute atomic E-state index is 0.0228. The zero-order chi connectivity index (χ0) is 21.6. The Balaban J connectivity index is 2.17. The van der Waals surface area contributed by atoms with Crippen LogP contribution >= 0.6 is 0 Å². The molecule has 0 aliphatic heterocycles. The van der Waals surface area contributed by atoms with Crippen molar-refractivity contribution in [1.82, 2.24) is 19.5 Å². The first-order valence-corrected chi connectivity index (χ1v) is 9.60. The highest BCUT2D eigenvalue weighted by Gasteiger charge is 2.21. The van der Waals surface area contributed by atoms with Gasteiger partial charge in [0.2, 0.25) is 0 Å². The van der Waals surface area contributed by atoms with Crippen LogP contribution in [0.3, 0.4) is 0 Å². The number of benzene rings is 1. The lowest BCUT2D eigenvalue weighted by Gasteiger charge is -2.18. The number of rotatable bonds is 3. The van der Waals surface area contributed by atoms with Crippen LogP contribution in [0.15, 0.2) is 47.4 Å². The van der Waals surface area contributed by atoms with E-state index in [4.69, 9.17) is 0 Å². The molecule has 152 valence electrons. The minimum atomic E-state index is -0.685. The van der Waals surface area contributed by atoms with Crippen LogP contribution in [0.1, 0.15) is 36.7 Å². The van der Waals surface area contributed by atoms with Crippen LogP contribution in [0.25, 0.3) is 28.0 Å². The lowest BCUT2D eigenvalue weighted by Crippen LogP contribution is -2.26. The first kappa shape index (κ1) is 19.8. The molecule has 0 spiro atoms. The van der Waals surface area contributed by atoms with Gasteiger partial charge in [0.1, 0.15) is 17.3 Å². The molecule has 4 rings (SSSR count). The number of pyridine rings is 2. The molecule has 0 N–H and O–H groups in total. The number of hydrogen-bond donors (Lipinski definition) is 0.